The summed E-state index contributed by atoms with van der Waals surface area (Å²) in [5.41, 5.74) is 3.20. The zero-order valence-electron chi connectivity index (χ0n) is 14.6. The van der Waals surface area contributed by atoms with Gasteiger partial charge < -0.3 is 0 Å². The van der Waals surface area contributed by atoms with Gasteiger partial charge in [0.2, 0.25) is 0 Å². The molecule has 26 heavy (non-hydrogen) atoms. The van der Waals surface area contributed by atoms with Gasteiger partial charge in [0, 0.05) is 44.5 Å². The smallest absolute Gasteiger partial charge is 0.127 e. The van der Waals surface area contributed by atoms with E-state index in [1.807, 2.05) is 25.1 Å². The fourth-order valence-corrected chi connectivity index (χ4v) is 5.01. The van der Waals surface area contributed by atoms with Crippen LogP contribution in [0.25, 0.3) is 0 Å². The molecule has 0 spiro atoms. The predicted molar refractivity (Wildman–Crippen MR) is 110 cm³/mol. The molecular weight excluding hydrogens is 409 g/mol. The molecule has 2 heterocycles. The summed E-state index contributed by atoms with van der Waals surface area (Å²) in [4.78, 5) is 5.05. The van der Waals surface area contributed by atoms with Crippen LogP contribution in [0.5, 0.6) is 0 Å². The lowest BCUT2D eigenvalue weighted by atomic mass is 9.83. The van der Waals surface area contributed by atoms with Crippen molar-refractivity contribution in [2.45, 2.75) is 36.6 Å². The number of hydrogen-bond donors (Lipinski definition) is 1. The average molecular weight is 427 g/mol. The summed E-state index contributed by atoms with van der Waals surface area (Å²) in [7, 11) is 0. The third-order valence-electron chi connectivity index (χ3n) is 4.13. The minimum Gasteiger partial charge on any atom is -0.281 e. The molecule has 1 atom stereocenters. The van der Waals surface area contributed by atoms with Crippen LogP contribution in [0.3, 0.4) is 0 Å². The topological polar surface area (TPSA) is 41.6 Å². The van der Waals surface area contributed by atoms with Crippen molar-refractivity contribution in [2.75, 3.05) is 0 Å². The molecule has 3 rings (SSSR count). The fourth-order valence-electron chi connectivity index (χ4n) is 3.04. The van der Waals surface area contributed by atoms with Crippen LogP contribution in [0.1, 0.15) is 36.6 Å². The van der Waals surface area contributed by atoms with Gasteiger partial charge in [-0.25, -0.2) is 0 Å². The predicted octanol–water partition coefficient (Wildman–Crippen LogP) is 7.01. The molecule has 1 aromatic carbocycles. The monoisotopic (exact) mass is 425 g/mol. The van der Waals surface area contributed by atoms with Crippen LogP contribution in [0.4, 0.5) is 0 Å². The van der Waals surface area contributed by atoms with Gasteiger partial charge >= 0.3 is 0 Å². The van der Waals surface area contributed by atoms with Crippen molar-refractivity contribution in [2.24, 2.45) is 5.92 Å². The Hall–Kier alpha value is -1.20. The van der Waals surface area contributed by atoms with E-state index >= 15 is 0 Å². The summed E-state index contributed by atoms with van der Waals surface area (Å²) in [5, 5.41) is 10.4. The van der Waals surface area contributed by atoms with E-state index in [0.717, 1.165) is 26.7 Å². The Morgan fingerprint density at radius 3 is 2.38 bits per heavy atom. The van der Waals surface area contributed by atoms with Crippen molar-refractivity contribution < 1.29 is 0 Å². The number of H-pyrrole nitrogens is 1. The van der Waals surface area contributed by atoms with E-state index in [1.54, 1.807) is 18.5 Å². The Morgan fingerprint density at radius 1 is 1.08 bits per heavy atom. The second-order valence-electron chi connectivity index (χ2n) is 6.39. The van der Waals surface area contributed by atoms with Crippen LogP contribution in [-0.4, -0.2) is 15.2 Å². The minimum atomic E-state index is 0.0985. The van der Waals surface area contributed by atoms with E-state index in [9.17, 15) is 0 Å². The molecule has 3 aromatic rings. The van der Waals surface area contributed by atoms with Crippen molar-refractivity contribution in [1.29, 1.82) is 0 Å². The van der Waals surface area contributed by atoms with Crippen LogP contribution >= 0.6 is 46.6 Å². The normalized spacial score (nSPS) is 12.6. The number of rotatable bonds is 5. The van der Waals surface area contributed by atoms with Gasteiger partial charge in [0.05, 0.1) is 5.02 Å². The zero-order chi connectivity index (χ0) is 18.8. The molecule has 136 valence electrons. The van der Waals surface area contributed by atoms with Crippen LogP contribution in [0, 0.1) is 12.8 Å². The Morgan fingerprint density at radius 2 is 1.77 bits per heavy atom. The van der Waals surface area contributed by atoms with Crippen molar-refractivity contribution in [3.63, 3.8) is 0 Å². The van der Waals surface area contributed by atoms with E-state index < -0.39 is 0 Å². The maximum absolute atomic E-state index is 6.45. The highest BCUT2D eigenvalue weighted by Crippen LogP contribution is 2.43. The largest absolute Gasteiger partial charge is 0.281 e. The molecular formula is C19H18Cl3N3S. The van der Waals surface area contributed by atoms with E-state index in [2.05, 4.69) is 29.0 Å². The summed E-state index contributed by atoms with van der Waals surface area (Å²) in [5.74, 6) is 0.426. The number of halogens is 3. The summed E-state index contributed by atoms with van der Waals surface area (Å²) in [6, 6.07) is 7.47. The number of nitrogens with zero attached hydrogens (tertiary/aromatic N) is 2. The van der Waals surface area contributed by atoms with Crippen molar-refractivity contribution in [3.8, 4) is 0 Å². The molecule has 1 N–H and O–H groups in total. The van der Waals surface area contributed by atoms with E-state index in [0.29, 0.717) is 21.0 Å². The lowest BCUT2D eigenvalue weighted by molar-refractivity contribution is 0.554. The van der Waals surface area contributed by atoms with Gasteiger partial charge in [0.15, 0.2) is 0 Å². The van der Waals surface area contributed by atoms with Gasteiger partial charge in [-0.05, 0) is 42.7 Å². The third kappa shape index (κ3) is 4.20. The Labute approximate surface area is 172 Å². The number of pyridine rings is 1. The van der Waals surface area contributed by atoms with Crippen LogP contribution in [-0.2, 0) is 0 Å². The molecule has 0 aliphatic carbocycles. The molecule has 0 fully saturated rings. The van der Waals surface area contributed by atoms with Gasteiger partial charge in [-0.15, -0.1) is 0 Å². The minimum absolute atomic E-state index is 0.0985. The number of benzene rings is 1. The van der Waals surface area contributed by atoms with Gasteiger partial charge in [0.25, 0.3) is 0 Å². The average Bonchev–Trinajstić information content (AvgIpc) is 2.89. The van der Waals surface area contributed by atoms with E-state index in [4.69, 9.17) is 34.8 Å². The first kappa shape index (κ1) is 19.6. The second kappa shape index (κ2) is 8.22. The summed E-state index contributed by atoms with van der Waals surface area (Å²) >= 11 is 20.3. The standard InChI is InChI=1S/C19H18Cl3N3S/c1-10(2)17(15-4-5-23-9-16(15)22)18-11(3)24-25-19(18)26-14-7-12(20)6-13(21)8-14/h4-10,17H,1-3H3,(H,24,25). The molecule has 0 amide bonds. The maximum atomic E-state index is 6.45. The number of aryl methyl sites for hydroxylation is 1. The molecule has 0 aliphatic rings. The highest BCUT2D eigenvalue weighted by Gasteiger charge is 2.27. The van der Waals surface area contributed by atoms with Crippen molar-refractivity contribution >= 4 is 46.6 Å². The van der Waals surface area contributed by atoms with Crippen LogP contribution < -0.4 is 0 Å². The van der Waals surface area contributed by atoms with Gasteiger partial charge in [0.1, 0.15) is 5.03 Å². The van der Waals surface area contributed by atoms with Gasteiger partial charge in [-0.2, -0.15) is 5.10 Å². The van der Waals surface area contributed by atoms with Crippen molar-refractivity contribution in [3.05, 3.63) is 68.5 Å². The number of nitrogens with one attached hydrogen (secondary N) is 1. The SMILES string of the molecule is Cc1[nH]nc(Sc2cc(Cl)cc(Cl)c2)c1C(c1ccncc1Cl)C(C)C. The molecule has 0 saturated heterocycles. The number of aromatic nitrogens is 3. The van der Waals surface area contributed by atoms with E-state index in [-0.39, 0.29) is 5.92 Å². The molecule has 2 aromatic heterocycles. The molecule has 0 saturated carbocycles. The van der Waals surface area contributed by atoms with Crippen LogP contribution in [0.2, 0.25) is 15.1 Å². The van der Waals surface area contributed by atoms with E-state index in [1.165, 1.54) is 11.8 Å². The molecule has 7 heteroatoms. The lowest BCUT2D eigenvalue weighted by Gasteiger charge is -2.23. The van der Waals surface area contributed by atoms with Gasteiger partial charge in [-0.3, -0.25) is 10.1 Å². The molecule has 0 bridgehead atoms. The number of hydrogen-bond acceptors (Lipinski definition) is 3. The van der Waals surface area contributed by atoms with Crippen molar-refractivity contribution in [1.82, 2.24) is 15.2 Å². The third-order valence-corrected chi connectivity index (χ3v) is 5.85. The fraction of sp³-hybridized carbons (Fsp3) is 0.263. The maximum Gasteiger partial charge on any atom is 0.127 e. The molecule has 3 nitrogen and oxygen atoms in total. The quantitative estimate of drug-likeness (QED) is 0.477. The molecule has 1 unspecified atom stereocenters. The Bertz CT molecular complexity index is 904. The van der Waals surface area contributed by atoms with Gasteiger partial charge in [-0.1, -0.05) is 60.4 Å². The molecule has 0 radical (unpaired) electrons. The first-order valence-electron chi connectivity index (χ1n) is 8.15. The Kier molecular flexibility index (Phi) is 6.18. The zero-order valence-corrected chi connectivity index (χ0v) is 17.6. The number of aromatic amines is 1. The van der Waals surface area contributed by atoms with Crippen LogP contribution in [0.15, 0.2) is 46.6 Å². The highest BCUT2D eigenvalue weighted by atomic mass is 35.5. The Balaban J connectivity index is 2.07. The first-order chi connectivity index (χ1) is 12.4. The summed E-state index contributed by atoms with van der Waals surface area (Å²) < 4.78 is 0. The highest BCUT2D eigenvalue weighted by molar-refractivity contribution is 7.99. The molecule has 0 aliphatic heterocycles. The first-order valence-corrected chi connectivity index (χ1v) is 10.1. The lowest BCUT2D eigenvalue weighted by Crippen LogP contribution is -2.11. The summed E-state index contributed by atoms with van der Waals surface area (Å²) in [6.45, 7) is 6.39. The summed E-state index contributed by atoms with van der Waals surface area (Å²) in [6.07, 6.45) is 3.46. The second-order valence-corrected chi connectivity index (χ2v) is 8.74.